The highest BCUT2D eigenvalue weighted by Crippen LogP contribution is 2.20. The van der Waals surface area contributed by atoms with Gasteiger partial charge in [-0.1, -0.05) is 54.4 Å². The summed E-state index contributed by atoms with van der Waals surface area (Å²) in [5, 5.41) is 0. The Morgan fingerprint density at radius 1 is 0.900 bits per heavy atom. The molecule has 7 heteroatoms. The SMILES string of the molecule is CCN1CCN(C(=O)CN(Cc2ccc(C)cc2)S(=O)(=O)c2ccc(C)cc2)CC1. The number of hydrogen-bond acceptors (Lipinski definition) is 4. The lowest BCUT2D eigenvalue weighted by molar-refractivity contribution is -0.133. The van der Waals surface area contributed by atoms with E-state index in [2.05, 4.69) is 11.8 Å². The fourth-order valence-electron chi connectivity index (χ4n) is 3.55. The first kappa shape index (κ1) is 22.5. The van der Waals surface area contributed by atoms with E-state index in [9.17, 15) is 13.2 Å². The molecule has 0 aliphatic carbocycles. The lowest BCUT2D eigenvalue weighted by atomic mass is 10.1. The minimum atomic E-state index is -3.80. The van der Waals surface area contributed by atoms with Gasteiger partial charge in [0.05, 0.1) is 11.4 Å². The van der Waals surface area contributed by atoms with Crippen molar-refractivity contribution in [2.75, 3.05) is 39.3 Å². The molecule has 1 amide bonds. The molecule has 2 aromatic carbocycles. The summed E-state index contributed by atoms with van der Waals surface area (Å²) in [4.78, 5) is 17.3. The summed E-state index contributed by atoms with van der Waals surface area (Å²) in [6, 6.07) is 14.5. The molecule has 3 rings (SSSR count). The third-order valence-corrected chi connectivity index (χ3v) is 7.43. The van der Waals surface area contributed by atoms with E-state index in [0.717, 1.165) is 36.3 Å². The maximum absolute atomic E-state index is 13.4. The van der Waals surface area contributed by atoms with Gasteiger partial charge < -0.3 is 9.80 Å². The summed E-state index contributed by atoms with van der Waals surface area (Å²) in [7, 11) is -3.80. The first-order valence-corrected chi connectivity index (χ1v) is 11.9. The molecule has 0 atom stereocenters. The number of hydrogen-bond donors (Lipinski definition) is 0. The molecular weight excluding hydrogens is 398 g/mol. The van der Waals surface area contributed by atoms with E-state index < -0.39 is 10.0 Å². The predicted octanol–water partition coefficient (Wildman–Crippen LogP) is 2.66. The van der Waals surface area contributed by atoms with Crippen molar-refractivity contribution in [3.63, 3.8) is 0 Å². The Morgan fingerprint density at radius 2 is 1.43 bits per heavy atom. The first-order valence-electron chi connectivity index (χ1n) is 10.4. The number of nitrogens with zero attached hydrogens (tertiary/aromatic N) is 3. The lowest BCUT2D eigenvalue weighted by Gasteiger charge is -2.35. The third-order valence-electron chi connectivity index (χ3n) is 5.62. The second kappa shape index (κ2) is 9.73. The van der Waals surface area contributed by atoms with Crippen molar-refractivity contribution in [2.24, 2.45) is 0 Å². The Hall–Kier alpha value is -2.22. The lowest BCUT2D eigenvalue weighted by Crippen LogP contribution is -2.51. The van der Waals surface area contributed by atoms with Gasteiger partial charge in [-0.15, -0.1) is 0 Å². The highest BCUT2D eigenvalue weighted by Gasteiger charge is 2.29. The zero-order valence-electron chi connectivity index (χ0n) is 18.0. The fourth-order valence-corrected chi connectivity index (χ4v) is 4.92. The van der Waals surface area contributed by atoms with Crippen LogP contribution in [0, 0.1) is 13.8 Å². The van der Waals surface area contributed by atoms with Gasteiger partial charge >= 0.3 is 0 Å². The monoisotopic (exact) mass is 429 g/mol. The minimum Gasteiger partial charge on any atom is -0.339 e. The van der Waals surface area contributed by atoms with Crippen LogP contribution in [0.5, 0.6) is 0 Å². The van der Waals surface area contributed by atoms with Crippen LogP contribution in [0.2, 0.25) is 0 Å². The molecule has 0 aromatic heterocycles. The van der Waals surface area contributed by atoms with Crippen LogP contribution in [0.4, 0.5) is 0 Å². The third kappa shape index (κ3) is 5.47. The number of rotatable bonds is 7. The van der Waals surface area contributed by atoms with Crippen molar-refractivity contribution in [3.8, 4) is 0 Å². The molecule has 0 saturated carbocycles. The Morgan fingerprint density at radius 3 is 1.97 bits per heavy atom. The molecule has 162 valence electrons. The summed E-state index contributed by atoms with van der Waals surface area (Å²) < 4.78 is 28.1. The minimum absolute atomic E-state index is 0.145. The van der Waals surface area contributed by atoms with Crippen molar-refractivity contribution in [1.29, 1.82) is 0 Å². The molecule has 0 unspecified atom stereocenters. The summed E-state index contributed by atoms with van der Waals surface area (Å²) in [6.45, 7) is 9.90. The smallest absolute Gasteiger partial charge is 0.243 e. The molecular formula is C23H31N3O3S. The molecule has 30 heavy (non-hydrogen) atoms. The average molecular weight is 430 g/mol. The van der Waals surface area contributed by atoms with E-state index >= 15 is 0 Å². The van der Waals surface area contributed by atoms with E-state index in [1.54, 1.807) is 29.2 Å². The molecule has 0 spiro atoms. The zero-order valence-corrected chi connectivity index (χ0v) is 18.9. The van der Waals surface area contributed by atoms with Crippen molar-refractivity contribution < 1.29 is 13.2 Å². The van der Waals surface area contributed by atoms with Crippen molar-refractivity contribution >= 4 is 15.9 Å². The summed E-state index contributed by atoms with van der Waals surface area (Å²) in [5.74, 6) is -0.145. The molecule has 0 N–H and O–H groups in total. The normalized spacial score (nSPS) is 15.5. The molecule has 1 aliphatic heterocycles. The van der Waals surface area contributed by atoms with Gasteiger partial charge in [0.15, 0.2) is 0 Å². The number of sulfonamides is 1. The standard InChI is InChI=1S/C23H31N3O3S/c1-4-24-13-15-25(16-14-24)23(27)18-26(17-21-9-5-19(2)6-10-21)30(28,29)22-11-7-20(3)8-12-22/h5-12H,4,13-18H2,1-3H3. The van der Waals surface area contributed by atoms with Gasteiger partial charge in [-0.2, -0.15) is 4.31 Å². The van der Waals surface area contributed by atoms with Crippen LogP contribution < -0.4 is 0 Å². The number of likely N-dealkylation sites (N-methyl/N-ethyl adjacent to an activating group) is 1. The van der Waals surface area contributed by atoms with Gasteiger partial charge in [0.1, 0.15) is 0 Å². The van der Waals surface area contributed by atoms with Crippen LogP contribution >= 0.6 is 0 Å². The van der Waals surface area contributed by atoms with E-state index in [1.807, 2.05) is 38.1 Å². The van der Waals surface area contributed by atoms with Crippen LogP contribution in [0.3, 0.4) is 0 Å². The second-order valence-corrected chi connectivity index (χ2v) is 9.82. The molecule has 2 aromatic rings. The van der Waals surface area contributed by atoms with E-state index in [0.29, 0.717) is 13.1 Å². The molecule has 0 radical (unpaired) electrons. The van der Waals surface area contributed by atoms with E-state index in [4.69, 9.17) is 0 Å². The van der Waals surface area contributed by atoms with E-state index in [1.165, 1.54) is 4.31 Å². The summed E-state index contributed by atoms with van der Waals surface area (Å²) >= 11 is 0. The number of carbonyl (C=O) groups excluding carboxylic acids is 1. The first-order chi connectivity index (χ1) is 14.3. The second-order valence-electron chi connectivity index (χ2n) is 7.89. The Labute approximate surface area is 180 Å². The quantitative estimate of drug-likeness (QED) is 0.679. The maximum atomic E-state index is 13.4. The highest BCUT2D eigenvalue weighted by molar-refractivity contribution is 7.89. The topological polar surface area (TPSA) is 60.9 Å². The van der Waals surface area contributed by atoms with Crippen LogP contribution in [0.25, 0.3) is 0 Å². The van der Waals surface area contributed by atoms with Crippen LogP contribution in [0.15, 0.2) is 53.4 Å². The van der Waals surface area contributed by atoms with Gasteiger partial charge in [-0.3, -0.25) is 4.79 Å². The maximum Gasteiger partial charge on any atom is 0.243 e. The van der Waals surface area contributed by atoms with Crippen molar-refractivity contribution in [1.82, 2.24) is 14.1 Å². The summed E-state index contributed by atoms with van der Waals surface area (Å²) in [6.07, 6.45) is 0. The number of benzene rings is 2. The zero-order chi connectivity index (χ0) is 21.7. The molecule has 1 saturated heterocycles. The number of amides is 1. The molecule has 1 heterocycles. The molecule has 1 fully saturated rings. The van der Waals surface area contributed by atoms with Gasteiger partial charge in [0.2, 0.25) is 15.9 Å². The van der Waals surface area contributed by atoms with Crippen LogP contribution in [0.1, 0.15) is 23.6 Å². The Kier molecular flexibility index (Phi) is 7.28. The Balaban J connectivity index is 1.82. The van der Waals surface area contributed by atoms with E-state index in [-0.39, 0.29) is 23.9 Å². The van der Waals surface area contributed by atoms with Crippen LogP contribution in [-0.2, 0) is 21.4 Å². The van der Waals surface area contributed by atoms with Gasteiger partial charge in [0, 0.05) is 32.7 Å². The molecule has 1 aliphatic rings. The summed E-state index contributed by atoms with van der Waals surface area (Å²) in [5.41, 5.74) is 2.96. The van der Waals surface area contributed by atoms with Gasteiger partial charge in [-0.25, -0.2) is 8.42 Å². The van der Waals surface area contributed by atoms with Gasteiger partial charge in [0.25, 0.3) is 0 Å². The Bertz CT molecular complexity index is 948. The molecule has 6 nitrogen and oxygen atoms in total. The van der Waals surface area contributed by atoms with Gasteiger partial charge in [-0.05, 0) is 38.1 Å². The highest BCUT2D eigenvalue weighted by atomic mass is 32.2. The number of piperazine rings is 1. The number of aryl methyl sites for hydroxylation is 2. The predicted molar refractivity (Wildman–Crippen MR) is 119 cm³/mol. The number of carbonyl (C=O) groups is 1. The van der Waals surface area contributed by atoms with Crippen molar-refractivity contribution in [2.45, 2.75) is 32.2 Å². The molecule has 0 bridgehead atoms. The largest absolute Gasteiger partial charge is 0.339 e. The van der Waals surface area contributed by atoms with Crippen LogP contribution in [-0.4, -0.2) is 67.7 Å². The average Bonchev–Trinajstić information content (AvgIpc) is 2.75. The fraction of sp³-hybridized carbons (Fsp3) is 0.435. The van der Waals surface area contributed by atoms with Crippen molar-refractivity contribution in [3.05, 3.63) is 65.2 Å².